The highest BCUT2D eigenvalue weighted by molar-refractivity contribution is 7.00. The molecule has 11 rings (SSSR count). The molecule has 0 atom stereocenters. The van der Waals surface area contributed by atoms with E-state index in [0.717, 1.165) is 82.6 Å². The van der Waals surface area contributed by atoms with Gasteiger partial charge in [-0.25, -0.2) is 4.85 Å². The predicted molar refractivity (Wildman–Crippen MR) is 239 cm³/mol. The monoisotopic (exact) mass is 746 g/mol. The molecule has 0 N–H and O–H groups in total. The lowest BCUT2D eigenvalue weighted by molar-refractivity contribution is 1.25. The normalized spacial score (nSPS) is 12.2. The molecule has 0 aromatic heterocycles. The van der Waals surface area contributed by atoms with Crippen molar-refractivity contribution in [2.45, 2.75) is 0 Å². The van der Waals surface area contributed by atoms with Crippen LogP contribution < -0.4 is 26.2 Å². The highest BCUT2D eigenvalue weighted by atomic mass is 15.2. The van der Waals surface area contributed by atoms with E-state index >= 15 is 0 Å². The molecule has 0 spiro atoms. The van der Waals surface area contributed by atoms with Crippen LogP contribution in [0.1, 0.15) is 16.7 Å². The molecule has 0 fully saturated rings. The van der Waals surface area contributed by atoms with Gasteiger partial charge in [0.25, 0.3) is 6.71 Å². The van der Waals surface area contributed by atoms with Crippen LogP contribution in [0.15, 0.2) is 164 Å². The minimum Gasteiger partial charge on any atom is -0.313 e. The van der Waals surface area contributed by atoms with Gasteiger partial charge >= 0.3 is 0 Å². The Kier molecular flexibility index (Phi) is 7.41. The van der Waals surface area contributed by atoms with E-state index in [-0.39, 0.29) is 6.71 Å². The van der Waals surface area contributed by atoms with Crippen molar-refractivity contribution in [3.05, 3.63) is 192 Å². The summed E-state index contributed by atoms with van der Waals surface area (Å²) in [7, 11) is 0. The Hall–Kier alpha value is -8.62. The van der Waals surface area contributed by atoms with Crippen LogP contribution in [-0.4, -0.2) is 6.71 Å². The van der Waals surface area contributed by atoms with E-state index in [0.29, 0.717) is 33.8 Å². The first-order chi connectivity index (χ1) is 29.0. The van der Waals surface area contributed by atoms with Gasteiger partial charge in [-0.15, -0.1) is 0 Å². The van der Waals surface area contributed by atoms with E-state index < -0.39 is 0 Å². The Morgan fingerprint density at radius 1 is 0.424 bits per heavy atom. The molecular formula is C52H27BN6. The lowest BCUT2D eigenvalue weighted by atomic mass is 9.33. The zero-order valence-corrected chi connectivity index (χ0v) is 31.3. The first-order valence-electron chi connectivity index (χ1n) is 19.2. The zero-order valence-electron chi connectivity index (χ0n) is 31.3. The number of benzene rings is 9. The second-order valence-corrected chi connectivity index (χ2v) is 15.1. The smallest absolute Gasteiger partial charge is 0.252 e. The van der Waals surface area contributed by atoms with Gasteiger partial charge in [-0.2, -0.15) is 15.8 Å². The van der Waals surface area contributed by atoms with Crippen molar-refractivity contribution in [2.75, 3.05) is 9.80 Å². The third-order valence-electron chi connectivity index (χ3n) is 11.7. The van der Waals surface area contributed by atoms with Crippen LogP contribution in [0.5, 0.6) is 0 Å². The van der Waals surface area contributed by atoms with Crippen molar-refractivity contribution in [1.82, 2.24) is 0 Å². The molecule has 2 aliphatic heterocycles. The van der Waals surface area contributed by atoms with Crippen molar-refractivity contribution >= 4 is 95.2 Å². The topological polar surface area (TPSA) is 82.2 Å². The zero-order chi connectivity index (χ0) is 39.8. The molecule has 7 heteroatoms. The molecule has 2 aliphatic rings. The van der Waals surface area contributed by atoms with Gasteiger partial charge in [0.2, 0.25) is 0 Å². The number of fused-ring (bicyclic) bond motifs is 7. The van der Waals surface area contributed by atoms with E-state index in [4.69, 9.17) is 6.57 Å². The maximum atomic E-state index is 10.2. The Balaban J connectivity index is 1.32. The van der Waals surface area contributed by atoms with Gasteiger partial charge in [-0.3, -0.25) is 0 Å². The van der Waals surface area contributed by atoms with Gasteiger partial charge in [0.05, 0.1) is 35.9 Å². The fraction of sp³-hybridized carbons (Fsp3) is 0. The molecular weight excluding hydrogens is 719 g/mol. The van der Waals surface area contributed by atoms with Gasteiger partial charge in [0.1, 0.15) is 0 Å². The van der Waals surface area contributed by atoms with Gasteiger partial charge in [-0.05, 0) is 127 Å². The summed E-state index contributed by atoms with van der Waals surface area (Å²) in [4.78, 5) is 8.23. The van der Waals surface area contributed by atoms with Crippen LogP contribution in [-0.2, 0) is 0 Å². The van der Waals surface area contributed by atoms with Gasteiger partial charge in [0.15, 0.2) is 5.69 Å². The molecule has 9 aromatic carbocycles. The maximum absolute atomic E-state index is 10.2. The lowest BCUT2D eigenvalue weighted by Gasteiger charge is -2.45. The summed E-state index contributed by atoms with van der Waals surface area (Å²) >= 11 is 0. The Bertz CT molecular complexity index is 3240. The van der Waals surface area contributed by atoms with Crippen molar-refractivity contribution < 1.29 is 0 Å². The lowest BCUT2D eigenvalue weighted by Crippen LogP contribution is -2.61. The molecule has 268 valence electrons. The van der Waals surface area contributed by atoms with Crippen LogP contribution in [0.4, 0.5) is 39.8 Å². The Morgan fingerprint density at radius 3 is 1.39 bits per heavy atom. The highest BCUT2D eigenvalue weighted by Gasteiger charge is 2.44. The fourth-order valence-corrected chi connectivity index (χ4v) is 9.18. The minimum absolute atomic E-state index is 0.230. The molecule has 0 radical (unpaired) electrons. The molecule has 0 bridgehead atoms. The second kappa shape index (κ2) is 13.0. The summed E-state index contributed by atoms with van der Waals surface area (Å²) in [6, 6.07) is 62.6. The van der Waals surface area contributed by atoms with Crippen LogP contribution >= 0.6 is 0 Å². The number of nitrogens with zero attached hydrogens (tertiary/aromatic N) is 6. The predicted octanol–water partition coefficient (Wildman–Crippen LogP) is 11.1. The van der Waals surface area contributed by atoms with Crippen LogP contribution in [0.2, 0.25) is 0 Å². The molecule has 59 heavy (non-hydrogen) atoms. The molecule has 0 amide bonds. The summed E-state index contributed by atoms with van der Waals surface area (Å²) in [6.45, 7) is 7.79. The third-order valence-corrected chi connectivity index (χ3v) is 11.7. The van der Waals surface area contributed by atoms with Crippen molar-refractivity contribution in [1.29, 1.82) is 15.8 Å². The number of anilines is 6. The Labute approximate surface area is 340 Å². The molecule has 6 nitrogen and oxygen atoms in total. The van der Waals surface area contributed by atoms with Crippen molar-refractivity contribution in [3.8, 4) is 29.3 Å². The number of hydrogen-bond donors (Lipinski definition) is 0. The van der Waals surface area contributed by atoms with E-state index in [1.165, 1.54) is 0 Å². The van der Waals surface area contributed by atoms with Crippen LogP contribution in [0.25, 0.3) is 48.3 Å². The van der Waals surface area contributed by atoms with Crippen LogP contribution in [0, 0.1) is 40.6 Å². The summed E-state index contributed by atoms with van der Waals surface area (Å²) in [6.07, 6.45) is 0. The number of rotatable bonds is 3. The molecule has 0 aliphatic carbocycles. The van der Waals surface area contributed by atoms with E-state index in [1.807, 2.05) is 48.5 Å². The SMILES string of the molecule is [C-]#[N+]c1cc(C#N)cc(N2c3cc4ccccc4cc3B3c4cc5ccccc5cc4N(c4cc(C#N)cc(C#N)c4)c4cc(-c5ccc6ccccc6c5)cc2c43)c1. The number of nitriles is 3. The van der Waals surface area contributed by atoms with Gasteiger partial charge in [-0.1, -0.05) is 97.1 Å². The van der Waals surface area contributed by atoms with E-state index in [1.54, 1.807) is 12.1 Å². The standard InChI is InChI=1S/C52H27BN6/c1-57-43-17-34(31-56)20-45(28-43)59-49-25-40-13-7-5-11-38(40)23-47(49)53-46-22-37-10-4-6-12-39(37)24-48(46)58(44-18-32(29-54)16-33(19-44)30-55)50-26-42(27-51(59)52(50)53)41-15-14-35-8-2-3-9-36(35)21-41/h2-28H. The molecule has 2 heterocycles. The first-order valence-corrected chi connectivity index (χ1v) is 19.2. The Morgan fingerprint density at radius 2 is 0.881 bits per heavy atom. The maximum Gasteiger partial charge on any atom is 0.252 e. The fourth-order valence-electron chi connectivity index (χ4n) is 9.18. The summed E-state index contributed by atoms with van der Waals surface area (Å²) in [5, 5.41) is 37.3. The van der Waals surface area contributed by atoms with Crippen molar-refractivity contribution in [2.24, 2.45) is 0 Å². The summed E-state index contributed by atoms with van der Waals surface area (Å²) < 4.78 is 0. The second-order valence-electron chi connectivity index (χ2n) is 15.1. The van der Waals surface area contributed by atoms with Crippen LogP contribution in [0.3, 0.4) is 0 Å². The summed E-state index contributed by atoms with van der Waals surface area (Å²) in [5.41, 5.74) is 11.9. The first kappa shape index (κ1) is 33.7. The molecule has 0 saturated carbocycles. The van der Waals surface area contributed by atoms with E-state index in [9.17, 15) is 15.8 Å². The molecule has 0 unspecified atom stereocenters. The van der Waals surface area contributed by atoms with Crippen molar-refractivity contribution in [3.63, 3.8) is 0 Å². The molecule has 9 aromatic rings. The minimum atomic E-state index is -0.230. The van der Waals surface area contributed by atoms with Gasteiger partial charge < -0.3 is 9.80 Å². The third kappa shape index (κ3) is 5.25. The molecule has 0 saturated heterocycles. The van der Waals surface area contributed by atoms with E-state index in [2.05, 4.69) is 136 Å². The average molecular weight is 747 g/mol. The number of hydrogen-bond acceptors (Lipinski definition) is 5. The van der Waals surface area contributed by atoms with Gasteiger partial charge in [0, 0.05) is 39.7 Å². The summed E-state index contributed by atoms with van der Waals surface area (Å²) in [5.74, 6) is 0. The quantitative estimate of drug-likeness (QED) is 0.133. The largest absolute Gasteiger partial charge is 0.313 e. The average Bonchev–Trinajstić information content (AvgIpc) is 3.29. The highest BCUT2D eigenvalue weighted by Crippen LogP contribution is 2.48.